The van der Waals surface area contributed by atoms with E-state index in [1.54, 1.807) is 0 Å². The van der Waals surface area contributed by atoms with E-state index in [2.05, 4.69) is 4.90 Å². The van der Waals surface area contributed by atoms with Gasteiger partial charge in [-0.1, -0.05) is 23.2 Å². The molecule has 1 aliphatic heterocycles. The highest BCUT2D eigenvalue weighted by atomic mass is 35.5. The van der Waals surface area contributed by atoms with Crippen molar-refractivity contribution < 1.29 is 9.90 Å². The van der Waals surface area contributed by atoms with E-state index in [0.717, 1.165) is 60.9 Å². The van der Waals surface area contributed by atoms with Crippen molar-refractivity contribution in [1.82, 2.24) is 4.90 Å². The van der Waals surface area contributed by atoms with Gasteiger partial charge in [0.05, 0.1) is 0 Å². The molecule has 1 fully saturated rings. The molecule has 0 atom stereocenters. The van der Waals surface area contributed by atoms with Crippen molar-refractivity contribution in [2.45, 2.75) is 32.1 Å². The first kappa shape index (κ1) is 16.6. The van der Waals surface area contributed by atoms with Crippen LogP contribution in [0.1, 0.15) is 31.2 Å². The Morgan fingerprint density at radius 1 is 1.29 bits per heavy atom. The smallest absolute Gasteiger partial charge is 0.303 e. The molecule has 2 rings (SSSR count). The molecule has 1 heterocycles. The maximum absolute atomic E-state index is 10.5. The number of halogens is 2. The number of carbonyl (C=O) groups is 1. The van der Waals surface area contributed by atoms with Crippen molar-refractivity contribution in [3.8, 4) is 0 Å². The molecule has 0 aliphatic carbocycles. The summed E-state index contributed by atoms with van der Waals surface area (Å²) in [6.45, 7) is 2.97. The third-order valence-electron chi connectivity index (χ3n) is 4.09. The third kappa shape index (κ3) is 5.50. The number of benzene rings is 1. The summed E-state index contributed by atoms with van der Waals surface area (Å²) in [5.41, 5.74) is 1.13. The fraction of sp³-hybridized carbons (Fsp3) is 0.562. The lowest BCUT2D eigenvalue weighted by atomic mass is 9.90. The molecule has 0 aromatic heterocycles. The molecule has 0 radical (unpaired) electrons. The number of likely N-dealkylation sites (tertiary alicyclic amines) is 1. The van der Waals surface area contributed by atoms with Crippen LogP contribution in [0.15, 0.2) is 18.2 Å². The lowest BCUT2D eigenvalue weighted by Gasteiger charge is -2.32. The summed E-state index contributed by atoms with van der Waals surface area (Å²) in [6.07, 6.45) is 4.24. The maximum atomic E-state index is 10.5. The quantitative estimate of drug-likeness (QED) is 0.853. The van der Waals surface area contributed by atoms with Crippen LogP contribution in [0.4, 0.5) is 0 Å². The predicted octanol–water partition coefficient (Wildman–Crippen LogP) is 4.11. The molecule has 0 saturated carbocycles. The van der Waals surface area contributed by atoms with Crippen molar-refractivity contribution in [1.29, 1.82) is 0 Å². The van der Waals surface area contributed by atoms with Gasteiger partial charge in [-0.15, -0.1) is 0 Å². The normalized spacial score (nSPS) is 17.0. The largest absolute Gasteiger partial charge is 0.481 e. The minimum Gasteiger partial charge on any atom is -0.481 e. The number of aliphatic carboxylic acids is 1. The lowest BCUT2D eigenvalue weighted by Crippen LogP contribution is -2.35. The van der Waals surface area contributed by atoms with Gasteiger partial charge in [0.15, 0.2) is 0 Å². The molecule has 1 aromatic rings. The van der Waals surface area contributed by atoms with Gasteiger partial charge in [-0.3, -0.25) is 4.79 Å². The van der Waals surface area contributed by atoms with Crippen molar-refractivity contribution in [2.24, 2.45) is 5.92 Å². The summed E-state index contributed by atoms with van der Waals surface area (Å²) in [5, 5.41) is 10.2. The fourth-order valence-electron chi connectivity index (χ4n) is 2.88. The Labute approximate surface area is 135 Å². The fourth-order valence-corrected chi connectivity index (χ4v) is 3.27. The average Bonchev–Trinajstić information content (AvgIpc) is 2.44. The molecular weight excluding hydrogens is 309 g/mol. The molecule has 1 N–H and O–H groups in total. The van der Waals surface area contributed by atoms with Gasteiger partial charge >= 0.3 is 5.97 Å². The zero-order valence-corrected chi connectivity index (χ0v) is 13.5. The van der Waals surface area contributed by atoms with E-state index in [1.165, 1.54) is 0 Å². The number of nitrogens with zero attached hydrogens (tertiary/aromatic N) is 1. The van der Waals surface area contributed by atoms with Crippen LogP contribution >= 0.6 is 23.2 Å². The maximum Gasteiger partial charge on any atom is 0.303 e. The van der Waals surface area contributed by atoms with Gasteiger partial charge in [-0.05, 0) is 75.0 Å². The van der Waals surface area contributed by atoms with E-state index in [-0.39, 0.29) is 6.42 Å². The molecule has 0 unspecified atom stereocenters. The predicted molar refractivity (Wildman–Crippen MR) is 86.2 cm³/mol. The van der Waals surface area contributed by atoms with Crippen molar-refractivity contribution >= 4 is 29.2 Å². The Hall–Kier alpha value is -0.770. The van der Waals surface area contributed by atoms with Crippen LogP contribution in [0, 0.1) is 5.92 Å². The second kappa shape index (κ2) is 8.02. The Morgan fingerprint density at radius 2 is 2.00 bits per heavy atom. The molecule has 0 spiro atoms. The van der Waals surface area contributed by atoms with Gasteiger partial charge in [0.25, 0.3) is 0 Å². The third-order valence-corrected chi connectivity index (χ3v) is 4.69. The molecular formula is C16H21Cl2NO2. The Bertz CT molecular complexity index is 485. The topological polar surface area (TPSA) is 40.5 Å². The van der Waals surface area contributed by atoms with E-state index in [4.69, 9.17) is 28.3 Å². The van der Waals surface area contributed by atoms with Gasteiger partial charge in [0.2, 0.25) is 0 Å². The van der Waals surface area contributed by atoms with Crippen LogP contribution < -0.4 is 0 Å². The minimum absolute atomic E-state index is 0.262. The number of hydrogen-bond acceptors (Lipinski definition) is 2. The number of hydrogen-bond donors (Lipinski definition) is 1. The van der Waals surface area contributed by atoms with Gasteiger partial charge in [-0.2, -0.15) is 0 Å². The van der Waals surface area contributed by atoms with Crippen molar-refractivity contribution in [3.05, 3.63) is 33.8 Å². The van der Waals surface area contributed by atoms with Gasteiger partial charge in [0, 0.05) is 16.5 Å². The standard InChI is InChI=1S/C16H21Cl2NO2/c17-14-3-4-15(18)13(11-14)10-12-5-8-19(9-6-12)7-1-2-16(20)21/h3-4,11-12H,1-2,5-10H2,(H,20,21). The van der Waals surface area contributed by atoms with Crippen LogP contribution in [0.3, 0.4) is 0 Å². The Kier molecular flexibility index (Phi) is 6.34. The highest BCUT2D eigenvalue weighted by molar-refractivity contribution is 6.33. The van der Waals surface area contributed by atoms with E-state index in [1.807, 2.05) is 18.2 Å². The van der Waals surface area contributed by atoms with Gasteiger partial charge < -0.3 is 10.0 Å². The lowest BCUT2D eigenvalue weighted by molar-refractivity contribution is -0.137. The van der Waals surface area contributed by atoms with Gasteiger partial charge in [0.1, 0.15) is 0 Å². The molecule has 1 aromatic carbocycles. The zero-order chi connectivity index (χ0) is 15.2. The highest BCUT2D eigenvalue weighted by Gasteiger charge is 2.20. The van der Waals surface area contributed by atoms with Crippen LogP contribution in [-0.2, 0) is 11.2 Å². The molecule has 5 heteroatoms. The molecule has 116 valence electrons. The summed E-state index contributed by atoms with van der Waals surface area (Å²) < 4.78 is 0. The second-order valence-corrected chi connectivity index (χ2v) is 6.57. The summed E-state index contributed by atoms with van der Waals surface area (Å²) in [4.78, 5) is 12.9. The highest BCUT2D eigenvalue weighted by Crippen LogP contribution is 2.27. The zero-order valence-electron chi connectivity index (χ0n) is 12.0. The average molecular weight is 330 g/mol. The summed E-state index contributed by atoms with van der Waals surface area (Å²) in [6, 6.07) is 5.64. The first-order valence-corrected chi connectivity index (χ1v) is 8.18. The first-order valence-electron chi connectivity index (χ1n) is 7.42. The van der Waals surface area contributed by atoms with E-state index in [0.29, 0.717) is 5.92 Å². The van der Waals surface area contributed by atoms with E-state index in [9.17, 15) is 4.79 Å². The van der Waals surface area contributed by atoms with E-state index >= 15 is 0 Å². The summed E-state index contributed by atoms with van der Waals surface area (Å²) in [7, 11) is 0. The van der Waals surface area contributed by atoms with Crippen LogP contribution in [-0.4, -0.2) is 35.6 Å². The number of piperidine rings is 1. The SMILES string of the molecule is O=C(O)CCCN1CCC(Cc2cc(Cl)ccc2Cl)CC1. The van der Waals surface area contributed by atoms with Crippen LogP contribution in [0.5, 0.6) is 0 Å². The van der Waals surface area contributed by atoms with Crippen LogP contribution in [0.2, 0.25) is 10.0 Å². The molecule has 0 amide bonds. The summed E-state index contributed by atoms with van der Waals surface area (Å²) in [5.74, 6) is -0.0721. The number of carboxylic acid groups (broad SMARTS) is 1. The monoisotopic (exact) mass is 329 g/mol. The Morgan fingerprint density at radius 3 is 2.67 bits per heavy atom. The summed E-state index contributed by atoms with van der Waals surface area (Å²) >= 11 is 12.2. The Balaban J connectivity index is 1.76. The van der Waals surface area contributed by atoms with Crippen molar-refractivity contribution in [3.63, 3.8) is 0 Å². The number of rotatable bonds is 6. The first-order chi connectivity index (χ1) is 10.0. The van der Waals surface area contributed by atoms with Crippen LogP contribution in [0.25, 0.3) is 0 Å². The molecule has 1 saturated heterocycles. The molecule has 3 nitrogen and oxygen atoms in total. The minimum atomic E-state index is -0.708. The van der Waals surface area contributed by atoms with Crippen molar-refractivity contribution in [2.75, 3.05) is 19.6 Å². The molecule has 0 bridgehead atoms. The molecule has 21 heavy (non-hydrogen) atoms. The van der Waals surface area contributed by atoms with Gasteiger partial charge in [-0.25, -0.2) is 0 Å². The second-order valence-electron chi connectivity index (χ2n) is 5.72. The number of carboxylic acids is 1. The molecule has 1 aliphatic rings. The van der Waals surface area contributed by atoms with E-state index < -0.39 is 5.97 Å².